The normalized spacial score (nSPS) is 10.1. The number of alkyl halides is 1. The lowest BCUT2D eigenvalue weighted by Crippen LogP contribution is -2.08. The number of carbonyl (C=O) groups excluding carboxylic acids is 1. The lowest BCUT2D eigenvalue weighted by molar-refractivity contribution is -0.139. The zero-order valence-electron chi connectivity index (χ0n) is 8.64. The topological polar surface area (TPSA) is 26.3 Å². The second kappa shape index (κ2) is 5.12. The lowest BCUT2D eigenvalue weighted by atomic mass is 10.0. The zero-order chi connectivity index (χ0) is 11.4. The standard InChI is InChI=1S/C11H12ClFO2/c1-7-3-8(5-11(14)15-2)9(6-12)10(13)4-7/h3-4H,5-6H2,1-2H3. The Labute approximate surface area is 93.0 Å². The Bertz CT molecular complexity index is 377. The molecule has 82 valence electrons. The van der Waals surface area contributed by atoms with Crippen LogP contribution in [0.5, 0.6) is 0 Å². The molecular weight excluding hydrogens is 219 g/mol. The Morgan fingerprint density at radius 3 is 2.73 bits per heavy atom. The van der Waals surface area contributed by atoms with E-state index in [0.29, 0.717) is 11.1 Å². The van der Waals surface area contributed by atoms with Crippen LogP contribution in [0.4, 0.5) is 4.39 Å². The molecule has 0 aliphatic rings. The summed E-state index contributed by atoms with van der Waals surface area (Å²) in [5.74, 6) is -0.714. The number of esters is 1. The molecule has 0 radical (unpaired) electrons. The Balaban J connectivity index is 3.09. The van der Waals surface area contributed by atoms with Crippen molar-refractivity contribution in [3.63, 3.8) is 0 Å². The molecule has 4 heteroatoms. The van der Waals surface area contributed by atoms with E-state index in [1.165, 1.54) is 13.2 Å². The minimum absolute atomic E-state index is 0.0527. The van der Waals surface area contributed by atoms with E-state index in [1.807, 2.05) is 0 Å². The molecule has 1 aromatic rings. The Kier molecular flexibility index (Phi) is 4.09. The summed E-state index contributed by atoms with van der Waals surface area (Å²) in [6.45, 7) is 1.77. The minimum atomic E-state index is -0.397. The fourth-order valence-electron chi connectivity index (χ4n) is 1.38. The molecule has 0 atom stereocenters. The summed E-state index contributed by atoms with van der Waals surface area (Å²) in [6, 6.07) is 3.15. The van der Waals surface area contributed by atoms with Crippen molar-refractivity contribution in [1.29, 1.82) is 0 Å². The number of hydrogen-bond donors (Lipinski definition) is 0. The molecular formula is C11H12ClFO2. The molecule has 0 aliphatic carbocycles. The monoisotopic (exact) mass is 230 g/mol. The molecule has 0 bridgehead atoms. The Morgan fingerprint density at radius 1 is 1.53 bits per heavy atom. The summed E-state index contributed by atoms with van der Waals surface area (Å²) in [4.78, 5) is 11.1. The van der Waals surface area contributed by atoms with Crippen LogP contribution in [-0.4, -0.2) is 13.1 Å². The van der Waals surface area contributed by atoms with E-state index in [-0.39, 0.29) is 18.1 Å². The maximum absolute atomic E-state index is 13.4. The van der Waals surface area contributed by atoms with Gasteiger partial charge in [0.15, 0.2) is 0 Å². The molecule has 0 aliphatic heterocycles. The van der Waals surface area contributed by atoms with E-state index in [0.717, 1.165) is 5.56 Å². The molecule has 0 saturated carbocycles. The maximum atomic E-state index is 13.4. The van der Waals surface area contributed by atoms with Crippen LogP contribution < -0.4 is 0 Å². The summed E-state index contributed by atoms with van der Waals surface area (Å²) in [5.41, 5.74) is 1.72. The molecule has 0 N–H and O–H groups in total. The van der Waals surface area contributed by atoms with Crippen LogP contribution in [0.3, 0.4) is 0 Å². The molecule has 0 heterocycles. The van der Waals surface area contributed by atoms with Gasteiger partial charge in [-0.2, -0.15) is 0 Å². The van der Waals surface area contributed by atoms with Crippen LogP contribution in [0, 0.1) is 12.7 Å². The highest BCUT2D eigenvalue weighted by atomic mass is 35.5. The number of hydrogen-bond acceptors (Lipinski definition) is 2. The average Bonchev–Trinajstić information content (AvgIpc) is 2.17. The van der Waals surface area contributed by atoms with Crippen molar-refractivity contribution in [1.82, 2.24) is 0 Å². The molecule has 0 spiro atoms. The Hall–Kier alpha value is -1.09. The first-order valence-corrected chi connectivity index (χ1v) is 5.02. The van der Waals surface area contributed by atoms with Crippen LogP contribution in [0.25, 0.3) is 0 Å². The second-order valence-electron chi connectivity index (χ2n) is 3.27. The van der Waals surface area contributed by atoms with E-state index in [2.05, 4.69) is 4.74 Å². The molecule has 1 aromatic carbocycles. The number of carbonyl (C=O) groups is 1. The van der Waals surface area contributed by atoms with Crippen molar-refractivity contribution in [3.8, 4) is 0 Å². The second-order valence-corrected chi connectivity index (χ2v) is 3.54. The summed E-state index contributed by atoms with van der Waals surface area (Å²) < 4.78 is 18.0. The van der Waals surface area contributed by atoms with Crippen LogP contribution in [-0.2, 0) is 21.8 Å². The lowest BCUT2D eigenvalue weighted by Gasteiger charge is -2.08. The van der Waals surface area contributed by atoms with E-state index in [1.54, 1.807) is 13.0 Å². The quantitative estimate of drug-likeness (QED) is 0.589. The fourth-order valence-corrected chi connectivity index (χ4v) is 1.68. The van der Waals surface area contributed by atoms with Crippen LogP contribution in [0.15, 0.2) is 12.1 Å². The van der Waals surface area contributed by atoms with Gasteiger partial charge in [-0.3, -0.25) is 4.79 Å². The van der Waals surface area contributed by atoms with Gasteiger partial charge in [-0.15, -0.1) is 11.6 Å². The van der Waals surface area contributed by atoms with Gasteiger partial charge in [0, 0.05) is 5.56 Å². The number of benzene rings is 1. The molecule has 2 nitrogen and oxygen atoms in total. The van der Waals surface area contributed by atoms with Gasteiger partial charge >= 0.3 is 5.97 Å². The largest absolute Gasteiger partial charge is 0.469 e. The minimum Gasteiger partial charge on any atom is -0.469 e. The number of rotatable bonds is 3. The first-order chi connectivity index (χ1) is 7.08. The number of ether oxygens (including phenoxy) is 1. The van der Waals surface area contributed by atoms with E-state index < -0.39 is 5.97 Å². The number of methoxy groups -OCH3 is 1. The van der Waals surface area contributed by atoms with E-state index in [9.17, 15) is 9.18 Å². The number of halogens is 2. The maximum Gasteiger partial charge on any atom is 0.309 e. The van der Waals surface area contributed by atoms with Crippen LogP contribution in [0.2, 0.25) is 0 Å². The van der Waals surface area contributed by atoms with Gasteiger partial charge in [0.2, 0.25) is 0 Å². The summed E-state index contributed by atoms with van der Waals surface area (Å²) in [5, 5.41) is 0. The molecule has 0 saturated heterocycles. The van der Waals surface area contributed by atoms with Crippen LogP contribution in [0.1, 0.15) is 16.7 Å². The predicted octanol–water partition coefficient (Wildman–Crippen LogP) is 2.59. The van der Waals surface area contributed by atoms with Crippen molar-refractivity contribution in [2.75, 3.05) is 7.11 Å². The van der Waals surface area contributed by atoms with Crippen molar-refractivity contribution >= 4 is 17.6 Å². The van der Waals surface area contributed by atoms with Gasteiger partial charge in [-0.25, -0.2) is 4.39 Å². The Morgan fingerprint density at radius 2 is 2.20 bits per heavy atom. The van der Waals surface area contributed by atoms with Crippen molar-refractivity contribution in [3.05, 3.63) is 34.6 Å². The third-order valence-corrected chi connectivity index (χ3v) is 2.40. The SMILES string of the molecule is COC(=O)Cc1cc(C)cc(F)c1CCl. The number of aryl methyl sites for hydroxylation is 1. The van der Waals surface area contributed by atoms with Crippen molar-refractivity contribution in [2.45, 2.75) is 19.2 Å². The van der Waals surface area contributed by atoms with Crippen molar-refractivity contribution in [2.24, 2.45) is 0 Å². The van der Waals surface area contributed by atoms with Gasteiger partial charge in [0.05, 0.1) is 19.4 Å². The third-order valence-electron chi connectivity index (χ3n) is 2.13. The first-order valence-electron chi connectivity index (χ1n) is 4.49. The summed E-state index contributed by atoms with van der Waals surface area (Å²) >= 11 is 5.62. The van der Waals surface area contributed by atoms with Gasteiger partial charge in [-0.1, -0.05) is 6.07 Å². The predicted molar refractivity (Wildman–Crippen MR) is 56.4 cm³/mol. The smallest absolute Gasteiger partial charge is 0.309 e. The average molecular weight is 231 g/mol. The highest BCUT2D eigenvalue weighted by Gasteiger charge is 2.12. The van der Waals surface area contributed by atoms with Gasteiger partial charge in [0.25, 0.3) is 0 Å². The zero-order valence-corrected chi connectivity index (χ0v) is 9.40. The van der Waals surface area contributed by atoms with Gasteiger partial charge in [0.1, 0.15) is 5.82 Å². The molecule has 0 amide bonds. The van der Waals surface area contributed by atoms with Crippen molar-refractivity contribution < 1.29 is 13.9 Å². The summed E-state index contributed by atoms with van der Waals surface area (Å²) in [7, 11) is 1.30. The van der Waals surface area contributed by atoms with Gasteiger partial charge < -0.3 is 4.74 Å². The molecule has 1 rings (SSSR count). The highest BCUT2D eigenvalue weighted by Crippen LogP contribution is 2.19. The third kappa shape index (κ3) is 2.93. The molecule has 0 fully saturated rings. The molecule has 0 aromatic heterocycles. The molecule has 15 heavy (non-hydrogen) atoms. The molecule has 0 unspecified atom stereocenters. The van der Waals surface area contributed by atoms with E-state index in [4.69, 9.17) is 11.6 Å². The van der Waals surface area contributed by atoms with Crippen LogP contribution >= 0.6 is 11.6 Å². The first kappa shape index (κ1) is 12.0. The highest BCUT2D eigenvalue weighted by molar-refractivity contribution is 6.17. The van der Waals surface area contributed by atoms with Gasteiger partial charge in [-0.05, 0) is 24.1 Å². The fraction of sp³-hybridized carbons (Fsp3) is 0.364. The summed E-state index contributed by atoms with van der Waals surface area (Å²) in [6.07, 6.45) is 0.0527. The van der Waals surface area contributed by atoms with E-state index >= 15 is 0 Å².